The Bertz CT molecular complexity index is 419. The zero-order chi connectivity index (χ0) is 12.8. The molecule has 1 aromatic carbocycles. The van der Waals surface area contributed by atoms with Crippen LogP contribution < -0.4 is 5.32 Å². The van der Waals surface area contributed by atoms with E-state index in [4.69, 9.17) is 14.2 Å². The smallest absolute Gasteiger partial charge is 0.250 e. The van der Waals surface area contributed by atoms with Crippen molar-refractivity contribution in [3.8, 4) is 0 Å². The SMILES string of the molecule is COCCOCC(=O)Nc1ccc2c(c1)COC2. The van der Waals surface area contributed by atoms with Crippen LogP contribution in [0.4, 0.5) is 5.69 Å². The fourth-order valence-corrected chi connectivity index (χ4v) is 1.75. The molecule has 1 aliphatic rings. The van der Waals surface area contributed by atoms with Crippen LogP contribution in [0.5, 0.6) is 0 Å². The average Bonchev–Trinajstić information content (AvgIpc) is 2.82. The lowest BCUT2D eigenvalue weighted by Crippen LogP contribution is -2.19. The predicted molar refractivity (Wildman–Crippen MR) is 66.3 cm³/mol. The molecule has 1 heterocycles. The standard InChI is InChI=1S/C13H17NO4/c1-16-4-5-17-9-13(15)14-12-3-2-10-7-18-8-11(10)6-12/h2-3,6H,4-5,7-9H2,1H3,(H,14,15). The molecule has 0 atom stereocenters. The quantitative estimate of drug-likeness (QED) is 0.775. The molecule has 0 aliphatic carbocycles. The summed E-state index contributed by atoms with van der Waals surface area (Å²) in [6, 6.07) is 5.79. The third-order valence-corrected chi connectivity index (χ3v) is 2.67. The molecule has 0 spiro atoms. The second-order valence-electron chi connectivity index (χ2n) is 4.07. The fraction of sp³-hybridized carbons (Fsp3) is 0.462. The van der Waals surface area contributed by atoms with E-state index < -0.39 is 0 Å². The third-order valence-electron chi connectivity index (χ3n) is 2.67. The van der Waals surface area contributed by atoms with E-state index in [2.05, 4.69) is 5.32 Å². The second-order valence-corrected chi connectivity index (χ2v) is 4.07. The molecule has 0 aromatic heterocycles. The highest BCUT2D eigenvalue weighted by Crippen LogP contribution is 2.23. The number of rotatable bonds is 6. The summed E-state index contributed by atoms with van der Waals surface area (Å²) in [7, 11) is 1.59. The van der Waals surface area contributed by atoms with Gasteiger partial charge in [0, 0.05) is 12.8 Å². The van der Waals surface area contributed by atoms with Crippen LogP contribution in [0.25, 0.3) is 0 Å². The highest BCUT2D eigenvalue weighted by Gasteiger charge is 2.12. The Balaban J connectivity index is 1.80. The normalized spacial score (nSPS) is 13.4. The van der Waals surface area contributed by atoms with Crippen molar-refractivity contribution in [1.82, 2.24) is 0 Å². The van der Waals surface area contributed by atoms with Crippen LogP contribution in [0.3, 0.4) is 0 Å². The van der Waals surface area contributed by atoms with E-state index in [9.17, 15) is 4.79 Å². The number of ether oxygens (including phenoxy) is 3. The van der Waals surface area contributed by atoms with Gasteiger partial charge in [-0.25, -0.2) is 0 Å². The first-order chi connectivity index (χ1) is 8.79. The van der Waals surface area contributed by atoms with Crippen LogP contribution in [0.1, 0.15) is 11.1 Å². The van der Waals surface area contributed by atoms with E-state index in [1.165, 1.54) is 5.56 Å². The molecule has 2 rings (SSSR count). The summed E-state index contributed by atoms with van der Waals surface area (Å²) in [4.78, 5) is 11.6. The molecule has 0 unspecified atom stereocenters. The maximum Gasteiger partial charge on any atom is 0.250 e. The van der Waals surface area contributed by atoms with Crippen molar-refractivity contribution >= 4 is 11.6 Å². The highest BCUT2D eigenvalue weighted by atomic mass is 16.5. The summed E-state index contributed by atoms with van der Waals surface area (Å²) in [6.45, 7) is 2.22. The minimum absolute atomic E-state index is 0.0386. The lowest BCUT2D eigenvalue weighted by Gasteiger charge is -2.07. The van der Waals surface area contributed by atoms with Gasteiger partial charge in [-0.2, -0.15) is 0 Å². The molecule has 0 fully saturated rings. The Labute approximate surface area is 106 Å². The molecule has 0 saturated heterocycles. The minimum Gasteiger partial charge on any atom is -0.382 e. The topological polar surface area (TPSA) is 56.8 Å². The van der Waals surface area contributed by atoms with E-state index in [0.29, 0.717) is 26.4 Å². The van der Waals surface area contributed by atoms with Gasteiger partial charge in [0.25, 0.3) is 0 Å². The Kier molecular flexibility index (Phi) is 4.69. The number of fused-ring (bicyclic) bond motifs is 1. The van der Waals surface area contributed by atoms with Gasteiger partial charge in [-0.1, -0.05) is 6.07 Å². The lowest BCUT2D eigenvalue weighted by atomic mass is 10.1. The minimum atomic E-state index is -0.162. The summed E-state index contributed by atoms with van der Waals surface area (Å²) >= 11 is 0. The number of benzene rings is 1. The molecular weight excluding hydrogens is 234 g/mol. The second kappa shape index (κ2) is 6.49. The van der Waals surface area contributed by atoms with E-state index in [-0.39, 0.29) is 12.5 Å². The molecule has 0 bridgehead atoms. The monoisotopic (exact) mass is 251 g/mol. The van der Waals surface area contributed by atoms with E-state index in [0.717, 1.165) is 11.3 Å². The molecule has 0 saturated carbocycles. The zero-order valence-corrected chi connectivity index (χ0v) is 10.4. The van der Waals surface area contributed by atoms with Gasteiger partial charge in [0.05, 0.1) is 26.4 Å². The molecule has 5 nitrogen and oxygen atoms in total. The van der Waals surface area contributed by atoms with Crippen molar-refractivity contribution in [2.24, 2.45) is 0 Å². The first-order valence-electron chi connectivity index (χ1n) is 5.85. The molecule has 1 amide bonds. The van der Waals surface area contributed by atoms with Gasteiger partial charge in [0.15, 0.2) is 0 Å². The van der Waals surface area contributed by atoms with Crippen LogP contribution in [-0.4, -0.2) is 32.8 Å². The molecule has 18 heavy (non-hydrogen) atoms. The highest BCUT2D eigenvalue weighted by molar-refractivity contribution is 5.91. The van der Waals surface area contributed by atoms with Crippen molar-refractivity contribution in [3.05, 3.63) is 29.3 Å². The van der Waals surface area contributed by atoms with E-state index in [1.807, 2.05) is 18.2 Å². The Morgan fingerprint density at radius 2 is 2.17 bits per heavy atom. The zero-order valence-electron chi connectivity index (χ0n) is 10.4. The summed E-state index contributed by atoms with van der Waals surface area (Å²) in [5.74, 6) is -0.162. The van der Waals surface area contributed by atoms with Gasteiger partial charge in [-0.3, -0.25) is 4.79 Å². The van der Waals surface area contributed by atoms with Crippen LogP contribution in [0, 0.1) is 0 Å². The molecule has 1 aromatic rings. The molecule has 98 valence electrons. The van der Waals surface area contributed by atoms with Gasteiger partial charge in [0.2, 0.25) is 5.91 Å². The number of anilines is 1. The van der Waals surface area contributed by atoms with Crippen molar-refractivity contribution in [2.75, 3.05) is 32.2 Å². The van der Waals surface area contributed by atoms with Crippen molar-refractivity contribution in [1.29, 1.82) is 0 Å². The summed E-state index contributed by atoms with van der Waals surface area (Å²) in [5.41, 5.74) is 3.09. The van der Waals surface area contributed by atoms with Crippen LogP contribution in [0.15, 0.2) is 18.2 Å². The Hall–Kier alpha value is -1.43. The van der Waals surface area contributed by atoms with Crippen molar-refractivity contribution < 1.29 is 19.0 Å². The number of methoxy groups -OCH3 is 1. The number of nitrogens with one attached hydrogen (secondary N) is 1. The largest absolute Gasteiger partial charge is 0.382 e. The number of hydrogen-bond donors (Lipinski definition) is 1. The third kappa shape index (κ3) is 3.53. The van der Waals surface area contributed by atoms with Crippen LogP contribution in [-0.2, 0) is 32.2 Å². The van der Waals surface area contributed by atoms with Crippen LogP contribution in [0.2, 0.25) is 0 Å². The lowest BCUT2D eigenvalue weighted by molar-refractivity contribution is -0.121. The number of hydrogen-bond acceptors (Lipinski definition) is 4. The van der Waals surface area contributed by atoms with Crippen molar-refractivity contribution in [2.45, 2.75) is 13.2 Å². The fourth-order valence-electron chi connectivity index (χ4n) is 1.75. The maximum atomic E-state index is 11.6. The first-order valence-corrected chi connectivity index (χ1v) is 5.85. The average molecular weight is 251 g/mol. The molecule has 0 radical (unpaired) electrons. The number of amides is 1. The van der Waals surface area contributed by atoms with Crippen LogP contribution >= 0.6 is 0 Å². The number of carbonyl (C=O) groups is 1. The predicted octanol–water partition coefficient (Wildman–Crippen LogP) is 1.32. The Morgan fingerprint density at radius 1 is 1.33 bits per heavy atom. The summed E-state index contributed by atoms with van der Waals surface area (Å²) < 4.78 is 15.3. The van der Waals surface area contributed by atoms with Gasteiger partial charge in [-0.15, -0.1) is 0 Å². The molecule has 1 aliphatic heterocycles. The van der Waals surface area contributed by atoms with E-state index >= 15 is 0 Å². The van der Waals surface area contributed by atoms with Gasteiger partial charge < -0.3 is 19.5 Å². The van der Waals surface area contributed by atoms with Gasteiger partial charge >= 0.3 is 0 Å². The first kappa shape index (κ1) is 13.0. The van der Waals surface area contributed by atoms with Gasteiger partial charge in [0.1, 0.15) is 6.61 Å². The molecular formula is C13H17NO4. The number of carbonyl (C=O) groups excluding carboxylic acids is 1. The molecule has 5 heteroatoms. The molecule has 1 N–H and O–H groups in total. The summed E-state index contributed by atoms with van der Waals surface area (Å²) in [5, 5.41) is 2.79. The van der Waals surface area contributed by atoms with E-state index in [1.54, 1.807) is 7.11 Å². The van der Waals surface area contributed by atoms with Crippen molar-refractivity contribution in [3.63, 3.8) is 0 Å². The Morgan fingerprint density at radius 3 is 3.00 bits per heavy atom. The maximum absolute atomic E-state index is 11.6. The summed E-state index contributed by atoms with van der Waals surface area (Å²) in [6.07, 6.45) is 0. The van der Waals surface area contributed by atoms with Gasteiger partial charge in [-0.05, 0) is 23.3 Å².